The fourth-order valence-corrected chi connectivity index (χ4v) is 1.57. The van der Waals surface area contributed by atoms with Crippen LogP contribution in [0.25, 0.3) is 0 Å². The average Bonchev–Trinajstić information content (AvgIpc) is 2.29. The van der Waals surface area contributed by atoms with Crippen LogP contribution in [-0.2, 0) is 9.53 Å². The maximum Gasteiger partial charge on any atom is 0.347 e. The number of carbonyl (C=O) groups is 2. The molecule has 1 aromatic carbocycles. The first kappa shape index (κ1) is 13.7. The van der Waals surface area contributed by atoms with E-state index in [1.165, 1.54) is 6.07 Å². The van der Waals surface area contributed by atoms with Crippen molar-refractivity contribution in [3.8, 4) is 0 Å². The lowest BCUT2D eigenvalue weighted by Gasteiger charge is -2.04. The molecule has 92 valence electrons. The molecule has 4 heteroatoms. The van der Waals surface area contributed by atoms with Crippen LogP contribution < -0.4 is 0 Å². The van der Waals surface area contributed by atoms with E-state index in [-0.39, 0.29) is 12.0 Å². The summed E-state index contributed by atoms with van der Waals surface area (Å²) in [6.45, 7) is 2.04. The molecule has 0 saturated carbocycles. The van der Waals surface area contributed by atoms with Crippen LogP contribution in [0.5, 0.6) is 0 Å². The van der Waals surface area contributed by atoms with Crippen LogP contribution in [0.4, 0.5) is 0 Å². The summed E-state index contributed by atoms with van der Waals surface area (Å²) in [5.74, 6) is -1.18. The monoisotopic (exact) mass is 254 g/mol. The highest BCUT2D eigenvalue weighted by atomic mass is 35.5. The third-order valence-electron chi connectivity index (χ3n) is 2.28. The lowest BCUT2D eigenvalue weighted by molar-refractivity contribution is -0.138. The fourth-order valence-electron chi connectivity index (χ4n) is 1.36. The van der Waals surface area contributed by atoms with Crippen LogP contribution in [0.3, 0.4) is 0 Å². The number of carbonyl (C=O) groups excluding carboxylic acids is 2. The van der Waals surface area contributed by atoms with E-state index < -0.39 is 11.9 Å². The highest BCUT2D eigenvalue weighted by molar-refractivity contribution is 6.33. The average molecular weight is 255 g/mol. The second-order valence-corrected chi connectivity index (χ2v) is 4.11. The van der Waals surface area contributed by atoms with Crippen LogP contribution in [0, 0.1) is 0 Å². The predicted octanol–water partition coefficient (Wildman–Crippen LogP) is 3.60. The van der Waals surface area contributed by atoms with Gasteiger partial charge in [0.1, 0.15) is 0 Å². The van der Waals surface area contributed by atoms with Gasteiger partial charge in [-0.2, -0.15) is 0 Å². The molecule has 0 heterocycles. The number of esters is 2. The van der Waals surface area contributed by atoms with Gasteiger partial charge in [0.2, 0.25) is 0 Å². The predicted molar refractivity (Wildman–Crippen MR) is 66.0 cm³/mol. The number of benzene rings is 1. The van der Waals surface area contributed by atoms with Gasteiger partial charge in [-0.05, 0) is 18.6 Å². The van der Waals surface area contributed by atoms with Crippen molar-refractivity contribution in [2.45, 2.75) is 32.6 Å². The molecule has 0 aromatic heterocycles. The molecule has 17 heavy (non-hydrogen) atoms. The van der Waals surface area contributed by atoms with Crippen molar-refractivity contribution < 1.29 is 14.3 Å². The molecule has 0 aliphatic heterocycles. The Hall–Kier alpha value is -1.35. The van der Waals surface area contributed by atoms with Crippen molar-refractivity contribution in [1.82, 2.24) is 0 Å². The molecule has 0 aliphatic rings. The second kappa shape index (κ2) is 7.07. The van der Waals surface area contributed by atoms with Crippen LogP contribution in [-0.4, -0.2) is 11.9 Å². The van der Waals surface area contributed by atoms with Crippen molar-refractivity contribution >= 4 is 23.5 Å². The Morgan fingerprint density at radius 1 is 1.24 bits per heavy atom. The third kappa shape index (κ3) is 4.57. The smallest absolute Gasteiger partial charge is 0.347 e. The molecule has 3 nitrogen and oxygen atoms in total. The van der Waals surface area contributed by atoms with Gasteiger partial charge < -0.3 is 4.74 Å². The van der Waals surface area contributed by atoms with Crippen molar-refractivity contribution in [2.75, 3.05) is 0 Å². The van der Waals surface area contributed by atoms with Gasteiger partial charge in [-0.25, -0.2) is 4.79 Å². The molecule has 0 aliphatic carbocycles. The molecule has 1 aromatic rings. The van der Waals surface area contributed by atoms with Crippen molar-refractivity contribution in [3.63, 3.8) is 0 Å². The number of hydrogen-bond donors (Lipinski definition) is 0. The molecule has 0 amide bonds. The van der Waals surface area contributed by atoms with Crippen LogP contribution in [0.15, 0.2) is 24.3 Å². The largest absolute Gasteiger partial charge is 0.389 e. The van der Waals surface area contributed by atoms with E-state index in [1.807, 2.05) is 6.92 Å². The molecule has 0 spiro atoms. The summed E-state index contributed by atoms with van der Waals surface area (Å²) < 4.78 is 4.70. The summed E-state index contributed by atoms with van der Waals surface area (Å²) in [6, 6.07) is 6.50. The first-order valence-electron chi connectivity index (χ1n) is 5.64. The first-order valence-corrected chi connectivity index (χ1v) is 6.02. The summed E-state index contributed by atoms with van der Waals surface area (Å²) >= 11 is 5.82. The second-order valence-electron chi connectivity index (χ2n) is 3.70. The summed E-state index contributed by atoms with van der Waals surface area (Å²) in [4.78, 5) is 22.9. The molecule has 0 radical (unpaired) electrons. The van der Waals surface area contributed by atoms with Crippen LogP contribution >= 0.6 is 11.6 Å². The Bertz CT molecular complexity index is 401. The SMILES string of the molecule is CCCCCC(=O)OC(=O)c1ccccc1Cl. The minimum absolute atomic E-state index is 0.220. The van der Waals surface area contributed by atoms with Crippen LogP contribution in [0.2, 0.25) is 5.02 Å². The Kier molecular flexibility index (Phi) is 5.70. The highest BCUT2D eigenvalue weighted by Crippen LogP contribution is 2.16. The molecule has 0 atom stereocenters. The Morgan fingerprint density at radius 2 is 1.94 bits per heavy atom. The number of halogens is 1. The normalized spacial score (nSPS) is 10.0. The van der Waals surface area contributed by atoms with Gasteiger partial charge in [-0.15, -0.1) is 0 Å². The van der Waals surface area contributed by atoms with Gasteiger partial charge in [0, 0.05) is 6.42 Å². The fraction of sp³-hybridized carbons (Fsp3) is 0.385. The van der Waals surface area contributed by atoms with Gasteiger partial charge in [0.15, 0.2) is 0 Å². The summed E-state index contributed by atoms with van der Waals surface area (Å²) in [5, 5.41) is 0.291. The zero-order valence-electron chi connectivity index (χ0n) is 9.74. The van der Waals surface area contributed by atoms with Gasteiger partial charge in [0.05, 0.1) is 10.6 Å². The van der Waals surface area contributed by atoms with Gasteiger partial charge in [-0.3, -0.25) is 4.79 Å². The molecular weight excluding hydrogens is 240 g/mol. The summed E-state index contributed by atoms with van der Waals surface area (Å²) in [6.07, 6.45) is 2.98. The molecule has 0 saturated heterocycles. The van der Waals surface area contributed by atoms with Crippen LogP contribution in [0.1, 0.15) is 43.0 Å². The topological polar surface area (TPSA) is 43.4 Å². The minimum atomic E-state index is -0.683. The quantitative estimate of drug-likeness (QED) is 0.458. The zero-order chi connectivity index (χ0) is 12.7. The van der Waals surface area contributed by atoms with Crippen molar-refractivity contribution in [1.29, 1.82) is 0 Å². The maximum absolute atomic E-state index is 11.6. The van der Waals surface area contributed by atoms with E-state index in [1.54, 1.807) is 18.2 Å². The van der Waals surface area contributed by atoms with E-state index in [0.717, 1.165) is 19.3 Å². The lowest BCUT2D eigenvalue weighted by Crippen LogP contribution is -2.12. The van der Waals surface area contributed by atoms with E-state index in [2.05, 4.69) is 0 Å². The summed E-state index contributed by atoms with van der Waals surface area (Å²) in [7, 11) is 0. The molecule has 0 unspecified atom stereocenters. The Morgan fingerprint density at radius 3 is 2.59 bits per heavy atom. The molecular formula is C13H15ClO3. The zero-order valence-corrected chi connectivity index (χ0v) is 10.5. The Labute approximate surface area is 106 Å². The highest BCUT2D eigenvalue weighted by Gasteiger charge is 2.14. The van der Waals surface area contributed by atoms with Gasteiger partial charge >= 0.3 is 11.9 Å². The first-order chi connectivity index (χ1) is 8.15. The molecule has 0 N–H and O–H groups in total. The number of ether oxygens (including phenoxy) is 1. The van der Waals surface area contributed by atoms with E-state index >= 15 is 0 Å². The molecule has 0 fully saturated rings. The maximum atomic E-state index is 11.6. The van der Waals surface area contributed by atoms with E-state index in [9.17, 15) is 9.59 Å². The number of unbranched alkanes of at least 4 members (excludes halogenated alkanes) is 2. The van der Waals surface area contributed by atoms with Crippen molar-refractivity contribution in [3.05, 3.63) is 34.9 Å². The molecule has 1 rings (SSSR count). The Balaban J connectivity index is 2.49. The van der Waals surface area contributed by atoms with Gasteiger partial charge in [0.25, 0.3) is 0 Å². The lowest BCUT2D eigenvalue weighted by atomic mass is 10.2. The number of hydrogen-bond acceptors (Lipinski definition) is 3. The van der Waals surface area contributed by atoms with Gasteiger partial charge in [-0.1, -0.05) is 43.5 Å². The minimum Gasteiger partial charge on any atom is -0.389 e. The number of rotatable bonds is 5. The summed E-state index contributed by atoms with van der Waals surface area (Å²) in [5.41, 5.74) is 0.220. The van der Waals surface area contributed by atoms with Crippen molar-refractivity contribution in [2.24, 2.45) is 0 Å². The van der Waals surface area contributed by atoms with E-state index in [4.69, 9.17) is 16.3 Å². The third-order valence-corrected chi connectivity index (χ3v) is 2.61. The standard InChI is InChI=1S/C13H15ClO3/c1-2-3-4-9-12(15)17-13(16)10-7-5-6-8-11(10)14/h5-8H,2-4,9H2,1H3. The molecule has 0 bridgehead atoms. The van der Waals surface area contributed by atoms with E-state index in [0.29, 0.717) is 5.02 Å².